The van der Waals surface area contributed by atoms with Crippen molar-refractivity contribution in [3.63, 3.8) is 0 Å². The van der Waals surface area contributed by atoms with E-state index < -0.39 is 70.8 Å². The van der Waals surface area contributed by atoms with Crippen molar-refractivity contribution < 1.29 is 51.6 Å². The van der Waals surface area contributed by atoms with Crippen molar-refractivity contribution >= 4 is 27.0 Å². The highest BCUT2D eigenvalue weighted by atomic mass is 31.2. The van der Waals surface area contributed by atoms with E-state index in [9.17, 15) is 38.2 Å². The molecule has 3 unspecified atom stereocenters. The van der Waals surface area contributed by atoms with E-state index in [1.807, 2.05) is 0 Å². The summed E-state index contributed by atoms with van der Waals surface area (Å²) in [5, 5.41) is 24.5. The van der Waals surface area contributed by atoms with Gasteiger partial charge in [0.1, 0.15) is 24.0 Å². The SMILES string of the molecule is O=c1ccn([C@@H]2O[C@H](COP(=O)(O)O[P+](=O)O)[C@H](O)C2O)c(=O)n1Cc1noc2c(F)cccc12. The van der Waals surface area contributed by atoms with Gasteiger partial charge in [0, 0.05) is 22.2 Å². The van der Waals surface area contributed by atoms with Crippen LogP contribution < -0.4 is 11.2 Å². The van der Waals surface area contributed by atoms with Gasteiger partial charge in [0.25, 0.3) is 5.56 Å². The molecule has 4 N–H and O–H groups in total. The first-order valence-corrected chi connectivity index (χ1v) is 12.3. The standard InChI is InChI=1S/C17H16FN3O12P2/c18-9-3-1-2-8-10(19-32-15(8)9)6-21-12(22)4-5-20(17(21)25)16-14(24)13(23)11(31-16)7-30-35(28,29)33-34(26)27/h1-5,11,13-14,16,23-24H,6-7H2,(H-,26,27,28,29)/p+1/t11-,13+,14?,16-/m1/s1. The van der Waals surface area contributed by atoms with Gasteiger partial charge in [0.05, 0.1) is 13.2 Å². The third kappa shape index (κ3) is 5.16. The summed E-state index contributed by atoms with van der Waals surface area (Å²) < 4.78 is 56.1. The molecule has 18 heteroatoms. The Bertz CT molecular complexity index is 1440. The first kappa shape index (κ1) is 25.4. The van der Waals surface area contributed by atoms with E-state index in [1.54, 1.807) is 0 Å². The van der Waals surface area contributed by atoms with Crippen molar-refractivity contribution in [2.45, 2.75) is 31.1 Å². The lowest BCUT2D eigenvalue weighted by Gasteiger charge is -2.18. The largest absolute Gasteiger partial charge is 0.705 e. The second kappa shape index (κ2) is 9.78. The van der Waals surface area contributed by atoms with Gasteiger partial charge in [-0.05, 0) is 16.4 Å². The highest BCUT2D eigenvalue weighted by Crippen LogP contribution is 2.51. The molecule has 0 amide bonds. The Balaban J connectivity index is 1.59. The van der Waals surface area contributed by atoms with Crippen LogP contribution in [0.5, 0.6) is 0 Å². The monoisotopic (exact) mass is 536 g/mol. The Morgan fingerprint density at radius 3 is 2.69 bits per heavy atom. The smallest absolute Gasteiger partial charge is 0.387 e. The number of halogens is 1. The summed E-state index contributed by atoms with van der Waals surface area (Å²) in [5.41, 5.74) is -1.83. The number of hydrogen-bond donors (Lipinski definition) is 4. The minimum atomic E-state index is -4.98. The third-order valence-corrected chi connectivity index (χ3v) is 6.97. The fourth-order valence-electron chi connectivity index (χ4n) is 3.49. The van der Waals surface area contributed by atoms with Crippen LogP contribution in [0, 0.1) is 5.82 Å². The third-order valence-electron chi connectivity index (χ3n) is 5.11. The topological polar surface area (TPSA) is 213 Å². The van der Waals surface area contributed by atoms with Gasteiger partial charge in [0.2, 0.25) is 5.58 Å². The number of aromatic nitrogens is 3. The highest BCUT2D eigenvalue weighted by Gasteiger charge is 2.46. The predicted molar refractivity (Wildman–Crippen MR) is 111 cm³/mol. The summed E-state index contributed by atoms with van der Waals surface area (Å²) in [6.45, 7) is -1.28. The van der Waals surface area contributed by atoms with Crippen LogP contribution in [-0.2, 0) is 29.2 Å². The molecule has 0 bridgehead atoms. The average Bonchev–Trinajstić information content (AvgIpc) is 3.31. The second-order valence-electron chi connectivity index (χ2n) is 7.31. The fourth-order valence-corrected chi connectivity index (χ4v) is 4.72. The van der Waals surface area contributed by atoms with E-state index in [1.165, 1.54) is 12.1 Å². The molecule has 4 rings (SSSR count). The van der Waals surface area contributed by atoms with E-state index in [-0.39, 0.29) is 16.7 Å². The molecule has 3 aromatic rings. The summed E-state index contributed by atoms with van der Waals surface area (Å²) in [6, 6.07) is 5.00. The van der Waals surface area contributed by atoms with Gasteiger partial charge in [-0.25, -0.2) is 13.8 Å². The minimum Gasteiger partial charge on any atom is -0.387 e. The lowest BCUT2D eigenvalue weighted by molar-refractivity contribution is -0.0546. The number of para-hydroxylation sites is 1. The van der Waals surface area contributed by atoms with Crippen LogP contribution in [0.4, 0.5) is 4.39 Å². The maximum absolute atomic E-state index is 13.9. The normalized spacial score (nSPS) is 24.5. The van der Waals surface area contributed by atoms with Gasteiger partial charge in [0.15, 0.2) is 12.0 Å². The number of benzene rings is 1. The first-order valence-electron chi connectivity index (χ1n) is 9.68. The van der Waals surface area contributed by atoms with Crippen LogP contribution in [0.15, 0.2) is 44.6 Å². The van der Waals surface area contributed by atoms with Crippen molar-refractivity contribution in [2.24, 2.45) is 0 Å². The lowest BCUT2D eigenvalue weighted by atomic mass is 10.1. The first-order chi connectivity index (χ1) is 16.5. The highest BCUT2D eigenvalue weighted by molar-refractivity contribution is 7.55. The van der Waals surface area contributed by atoms with E-state index in [0.717, 1.165) is 22.9 Å². The van der Waals surface area contributed by atoms with Crippen molar-refractivity contribution in [1.29, 1.82) is 0 Å². The molecule has 3 heterocycles. The van der Waals surface area contributed by atoms with Crippen LogP contribution in [-0.4, -0.2) is 59.2 Å². The molecule has 1 aromatic carbocycles. The predicted octanol–water partition coefficient (Wildman–Crippen LogP) is -0.259. The van der Waals surface area contributed by atoms with Crippen LogP contribution in [0.3, 0.4) is 0 Å². The van der Waals surface area contributed by atoms with Crippen molar-refractivity contribution in [3.05, 3.63) is 62.8 Å². The maximum atomic E-state index is 13.9. The molecule has 1 aliphatic heterocycles. The van der Waals surface area contributed by atoms with Gasteiger partial charge in [-0.1, -0.05) is 11.2 Å². The zero-order chi connectivity index (χ0) is 25.5. The molecule has 35 heavy (non-hydrogen) atoms. The number of rotatable bonds is 8. The van der Waals surface area contributed by atoms with E-state index >= 15 is 0 Å². The molecule has 1 saturated heterocycles. The molecule has 0 aliphatic carbocycles. The molecular weight excluding hydrogens is 519 g/mol. The molecule has 15 nitrogen and oxygen atoms in total. The average molecular weight is 536 g/mol. The zero-order valence-corrected chi connectivity index (χ0v) is 19.1. The zero-order valence-electron chi connectivity index (χ0n) is 17.3. The van der Waals surface area contributed by atoms with Gasteiger partial charge < -0.3 is 19.5 Å². The van der Waals surface area contributed by atoms with Crippen molar-refractivity contribution in [2.75, 3.05) is 6.61 Å². The van der Waals surface area contributed by atoms with Gasteiger partial charge >= 0.3 is 21.8 Å². The van der Waals surface area contributed by atoms with Crippen LogP contribution in [0.2, 0.25) is 0 Å². The number of ether oxygens (including phenoxy) is 1. The molecule has 6 atom stereocenters. The number of aliphatic hydroxyl groups excluding tert-OH is 2. The van der Waals surface area contributed by atoms with Crippen LogP contribution >= 0.6 is 16.1 Å². The minimum absolute atomic E-state index is 0.0802. The molecule has 1 aliphatic rings. The molecule has 1 fully saturated rings. The Morgan fingerprint density at radius 1 is 1.23 bits per heavy atom. The Kier molecular flexibility index (Phi) is 7.11. The quantitative estimate of drug-likeness (QED) is 0.274. The maximum Gasteiger partial charge on any atom is 0.705 e. The van der Waals surface area contributed by atoms with E-state index in [0.29, 0.717) is 4.57 Å². The second-order valence-corrected chi connectivity index (χ2v) is 9.63. The van der Waals surface area contributed by atoms with Gasteiger partial charge in [-0.15, -0.1) is 4.89 Å². The number of nitrogens with zero attached hydrogens (tertiary/aromatic N) is 3. The summed E-state index contributed by atoms with van der Waals surface area (Å²) >= 11 is 0. The Morgan fingerprint density at radius 2 is 1.97 bits per heavy atom. The fraction of sp³-hybridized carbons (Fsp3) is 0.353. The molecule has 188 valence electrons. The molecule has 0 saturated carbocycles. The number of phosphoric ester groups is 1. The Hall–Kier alpha value is -2.65. The molecule has 0 spiro atoms. The van der Waals surface area contributed by atoms with Crippen LogP contribution in [0.1, 0.15) is 11.9 Å². The molecule has 2 aromatic heterocycles. The van der Waals surface area contributed by atoms with Gasteiger partial charge in [-0.3, -0.25) is 23.3 Å². The lowest BCUT2D eigenvalue weighted by Crippen LogP contribution is -2.43. The van der Waals surface area contributed by atoms with Crippen LogP contribution in [0.25, 0.3) is 11.0 Å². The summed E-state index contributed by atoms with van der Waals surface area (Å²) in [7, 11) is -8.45. The summed E-state index contributed by atoms with van der Waals surface area (Å²) in [6.07, 6.45) is -5.49. The number of fused-ring (bicyclic) bond motifs is 1. The van der Waals surface area contributed by atoms with Gasteiger partial charge in [-0.2, -0.15) is 0 Å². The number of aliphatic hydroxyl groups is 2. The van der Waals surface area contributed by atoms with Crippen molar-refractivity contribution in [1.82, 2.24) is 14.3 Å². The number of hydrogen-bond acceptors (Lipinski definition) is 11. The van der Waals surface area contributed by atoms with E-state index in [4.69, 9.17) is 14.2 Å². The molecule has 0 radical (unpaired) electrons. The Labute approximate surface area is 194 Å². The summed E-state index contributed by atoms with van der Waals surface area (Å²) in [4.78, 5) is 43.3. The summed E-state index contributed by atoms with van der Waals surface area (Å²) in [5.74, 6) is -0.688. The molecular formula is C17H17FN3O12P2+. The number of phosphoric acid groups is 1. The van der Waals surface area contributed by atoms with E-state index in [2.05, 4.69) is 14.0 Å². The van der Waals surface area contributed by atoms with Crippen molar-refractivity contribution in [3.8, 4) is 0 Å².